The van der Waals surface area contributed by atoms with E-state index in [1.165, 1.54) is 12.8 Å². The van der Waals surface area contributed by atoms with E-state index >= 15 is 0 Å². The van der Waals surface area contributed by atoms with Gasteiger partial charge in [0.25, 0.3) is 5.91 Å². The lowest BCUT2D eigenvalue weighted by molar-refractivity contribution is -0.123. The zero-order valence-corrected chi connectivity index (χ0v) is 14.6. The first-order valence-corrected chi connectivity index (χ1v) is 9.06. The van der Waals surface area contributed by atoms with Crippen molar-refractivity contribution < 1.29 is 9.59 Å². The van der Waals surface area contributed by atoms with E-state index in [9.17, 15) is 9.59 Å². The van der Waals surface area contributed by atoms with Gasteiger partial charge in [-0.05, 0) is 31.0 Å². The highest BCUT2D eigenvalue weighted by molar-refractivity contribution is 6.30. The molecule has 2 fully saturated rings. The van der Waals surface area contributed by atoms with Crippen molar-refractivity contribution in [3.63, 3.8) is 0 Å². The minimum Gasteiger partial charge on any atom is -0.352 e. The average Bonchev–Trinajstić information content (AvgIpc) is 3.07. The molecule has 1 N–H and O–H groups in total. The van der Waals surface area contributed by atoms with E-state index in [0.29, 0.717) is 36.3 Å². The van der Waals surface area contributed by atoms with Gasteiger partial charge < -0.3 is 10.2 Å². The monoisotopic (exact) mass is 349 g/mol. The summed E-state index contributed by atoms with van der Waals surface area (Å²) >= 11 is 5.95. The number of benzene rings is 1. The standard InChI is InChI=1S/C18H24ClN3O2/c19-15-5-3-4-14(12-15)18(24)22-10-8-21(9-11-22)13-17(23)20-16-6-1-2-7-16/h3-5,12,16H,1-2,6-11,13H2,(H,20,23). The Morgan fingerprint density at radius 2 is 1.83 bits per heavy atom. The molecule has 1 saturated carbocycles. The summed E-state index contributed by atoms with van der Waals surface area (Å²) in [6, 6.07) is 7.41. The van der Waals surface area contributed by atoms with Crippen LogP contribution in [0.25, 0.3) is 0 Å². The van der Waals surface area contributed by atoms with Gasteiger partial charge in [-0.25, -0.2) is 0 Å². The van der Waals surface area contributed by atoms with Gasteiger partial charge in [0.15, 0.2) is 0 Å². The third kappa shape index (κ3) is 4.48. The summed E-state index contributed by atoms with van der Waals surface area (Å²) in [5.74, 6) is 0.115. The summed E-state index contributed by atoms with van der Waals surface area (Å²) in [5, 5.41) is 3.69. The molecule has 2 amide bonds. The fourth-order valence-corrected chi connectivity index (χ4v) is 3.65. The Morgan fingerprint density at radius 3 is 2.50 bits per heavy atom. The van der Waals surface area contributed by atoms with Gasteiger partial charge in [0.2, 0.25) is 5.91 Å². The van der Waals surface area contributed by atoms with Crippen LogP contribution in [0.3, 0.4) is 0 Å². The van der Waals surface area contributed by atoms with Crippen molar-refractivity contribution in [3.8, 4) is 0 Å². The Labute approximate surface area is 147 Å². The molecule has 5 nitrogen and oxygen atoms in total. The number of nitrogens with zero attached hydrogens (tertiary/aromatic N) is 2. The largest absolute Gasteiger partial charge is 0.352 e. The number of amides is 2. The highest BCUT2D eigenvalue weighted by atomic mass is 35.5. The lowest BCUT2D eigenvalue weighted by atomic mass is 10.2. The van der Waals surface area contributed by atoms with E-state index in [1.54, 1.807) is 24.3 Å². The van der Waals surface area contributed by atoms with Crippen molar-refractivity contribution in [1.29, 1.82) is 0 Å². The smallest absolute Gasteiger partial charge is 0.253 e. The molecule has 1 heterocycles. The molecule has 2 aliphatic rings. The molecule has 6 heteroatoms. The van der Waals surface area contributed by atoms with Crippen LogP contribution in [0.15, 0.2) is 24.3 Å². The molecule has 3 rings (SSSR count). The van der Waals surface area contributed by atoms with E-state index < -0.39 is 0 Å². The molecule has 0 unspecified atom stereocenters. The predicted molar refractivity (Wildman–Crippen MR) is 94.2 cm³/mol. The average molecular weight is 350 g/mol. The van der Waals surface area contributed by atoms with E-state index in [1.807, 2.05) is 4.90 Å². The fraction of sp³-hybridized carbons (Fsp3) is 0.556. The lowest BCUT2D eigenvalue weighted by Crippen LogP contribution is -2.51. The van der Waals surface area contributed by atoms with Crippen LogP contribution in [0.5, 0.6) is 0 Å². The van der Waals surface area contributed by atoms with Crippen LogP contribution in [-0.4, -0.2) is 60.4 Å². The van der Waals surface area contributed by atoms with Gasteiger partial charge in [-0.15, -0.1) is 0 Å². The minimum atomic E-state index is 0.00700. The second-order valence-electron chi connectivity index (χ2n) is 6.63. The quantitative estimate of drug-likeness (QED) is 0.906. The second-order valence-corrected chi connectivity index (χ2v) is 7.06. The number of nitrogens with one attached hydrogen (secondary N) is 1. The number of carbonyl (C=O) groups excluding carboxylic acids is 2. The van der Waals surface area contributed by atoms with E-state index in [0.717, 1.165) is 25.9 Å². The Bertz CT molecular complexity index is 594. The van der Waals surface area contributed by atoms with Crippen LogP contribution < -0.4 is 5.32 Å². The molecule has 0 aromatic heterocycles. The van der Waals surface area contributed by atoms with Crippen LogP contribution in [0, 0.1) is 0 Å². The number of hydrogen-bond acceptors (Lipinski definition) is 3. The first-order chi connectivity index (χ1) is 11.6. The van der Waals surface area contributed by atoms with Gasteiger partial charge in [0.1, 0.15) is 0 Å². The van der Waals surface area contributed by atoms with E-state index in [2.05, 4.69) is 10.2 Å². The van der Waals surface area contributed by atoms with Gasteiger partial charge in [0, 0.05) is 42.8 Å². The fourth-order valence-electron chi connectivity index (χ4n) is 3.46. The Balaban J connectivity index is 1.45. The molecule has 130 valence electrons. The van der Waals surface area contributed by atoms with E-state index in [-0.39, 0.29) is 11.8 Å². The number of rotatable bonds is 4. The van der Waals surface area contributed by atoms with Crippen molar-refractivity contribution >= 4 is 23.4 Å². The highest BCUT2D eigenvalue weighted by Crippen LogP contribution is 2.17. The summed E-state index contributed by atoms with van der Waals surface area (Å²) in [4.78, 5) is 28.5. The number of carbonyl (C=O) groups is 2. The molecular formula is C18H24ClN3O2. The number of halogens is 1. The topological polar surface area (TPSA) is 52.7 Å². The summed E-state index contributed by atoms with van der Waals surface area (Å²) in [5.41, 5.74) is 0.620. The first kappa shape index (κ1) is 17.2. The van der Waals surface area contributed by atoms with Gasteiger partial charge in [-0.3, -0.25) is 14.5 Å². The van der Waals surface area contributed by atoms with Crippen molar-refractivity contribution in [2.24, 2.45) is 0 Å². The lowest BCUT2D eigenvalue weighted by Gasteiger charge is -2.34. The Hall–Kier alpha value is -1.59. The SMILES string of the molecule is O=C(CN1CCN(C(=O)c2cccc(Cl)c2)CC1)NC1CCCC1. The van der Waals surface area contributed by atoms with Gasteiger partial charge in [-0.2, -0.15) is 0 Å². The summed E-state index contributed by atoms with van der Waals surface area (Å²) in [6.07, 6.45) is 4.64. The zero-order valence-electron chi connectivity index (χ0n) is 13.8. The van der Waals surface area contributed by atoms with Gasteiger partial charge in [0.05, 0.1) is 6.54 Å². The first-order valence-electron chi connectivity index (χ1n) is 8.68. The summed E-state index contributed by atoms with van der Waals surface area (Å²) < 4.78 is 0. The van der Waals surface area contributed by atoms with Crippen molar-refractivity contribution in [2.75, 3.05) is 32.7 Å². The third-order valence-electron chi connectivity index (χ3n) is 4.82. The normalized spacial score (nSPS) is 19.5. The van der Waals surface area contributed by atoms with Crippen LogP contribution >= 0.6 is 11.6 Å². The molecule has 0 radical (unpaired) electrons. The molecule has 0 bridgehead atoms. The maximum absolute atomic E-state index is 12.5. The second kappa shape index (κ2) is 7.99. The highest BCUT2D eigenvalue weighted by Gasteiger charge is 2.24. The molecule has 24 heavy (non-hydrogen) atoms. The van der Waals surface area contributed by atoms with Crippen LogP contribution in [-0.2, 0) is 4.79 Å². The van der Waals surface area contributed by atoms with Crippen LogP contribution in [0.4, 0.5) is 0 Å². The molecule has 0 spiro atoms. The Morgan fingerprint density at radius 1 is 1.12 bits per heavy atom. The molecule has 1 aliphatic heterocycles. The van der Waals surface area contributed by atoms with Gasteiger partial charge >= 0.3 is 0 Å². The number of hydrogen-bond donors (Lipinski definition) is 1. The zero-order chi connectivity index (χ0) is 16.9. The minimum absolute atomic E-state index is 0.00700. The van der Waals surface area contributed by atoms with Crippen molar-refractivity contribution in [1.82, 2.24) is 15.1 Å². The van der Waals surface area contributed by atoms with Crippen molar-refractivity contribution in [2.45, 2.75) is 31.7 Å². The number of piperazine rings is 1. The molecule has 0 atom stereocenters. The van der Waals surface area contributed by atoms with Crippen molar-refractivity contribution in [3.05, 3.63) is 34.9 Å². The predicted octanol–water partition coefficient (Wildman–Crippen LogP) is 2.16. The summed E-state index contributed by atoms with van der Waals surface area (Å²) in [6.45, 7) is 3.16. The summed E-state index contributed by atoms with van der Waals surface area (Å²) in [7, 11) is 0. The third-order valence-corrected chi connectivity index (χ3v) is 5.05. The maximum Gasteiger partial charge on any atom is 0.253 e. The molecule has 1 saturated heterocycles. The Kier molecular flexibility index (Phi) is 5.74. The molecule has 1 aromatic carbocycles. The van der Waals surface area contributed by atoms with Gasteiger partial charge in [-0.1, -0.05) is 30.5 Å². The molecule has 1 aliphatic carbocycles. The van der Waals surface area contributed by atoms with Crippen LogP contribution in [0.2, 0.25) is 5.02 Å². The molecular weight excluding hydrogens is 326 g/mol. The maximum atomic E-state index is 12.5. The van der Waals surface area contributed by atoms with E-state index in [4.69, 9.17) is 11.6 Å². The molecule has 1 aromatic rings. The van der Waals surface area contributed by atoms with Crippen LogP contribution in [0.1, 0.15) is 36.0 Å².